The van der Waals surface area contributed by atoms with E-state index in [1.54, 1.807) is 6.20 Å². The molecule has 0 bridgehead atoms. The number of nitrogens with one attached hydrogen (secondary N) is 1. The van der Waals surface area contributed by atoms with Crippen LogP contribution >= 0.6 is 0 Å². The lowest BCUT2D eigenvalue weighted by Gasteiger charge is -2.32. The molecule has 2 aromatic rings. The highest BCUT2D eigenvalue weighted by atomic mass is 32.2. The van der Waals surface area contributed by atoms with Crippen LogP contribution in [0.25, 0.3) is 0 Å². The first-order chi connectivity index (χ1) is 13.0. The van der Waals surface area contributed by atoms with Gasteiger partial charge < -0.3 is 9.64 Å². The highest BCUT2D eigenvalue weighted by Gasteiger charge is 2.22. The van der Waals surface area contributed by atoms with Gasteiger partial charge in [0.2, 0.25) is 10.0 Å². The maximum Gasteiger partial charge on any atom is 0.337 e. The summed E-state index contributed by atoms with van der Waals surface area (Å²) in [5.74, 6) is 0.753. The lowest BCUT2D eigenvalue weighted by atomic mass is 9.97. The first-order valence-electron chi connectivity index (χ1n) is 8.83. The van der Waals surface area contributed by atoms with Gasteiger partial charge in [-0.3, -0.25) is 0 Å². The summed E-state index contributed by atoms with van der Waals surface area (Å²) in [6, 6.07) is 11.6. The Morgan fingerprint density at radius 1 is 1.19 bits per heavy atom. The normalized spacial score (nSPS) is 15.5. The molecule has 0 unspecified atom stereocenters. The predicted molar refractivity (Wildman–Crippen MR) is 102 cm³/mol. The molecule has 0 saturated carbocycles. The van der Waals surface area contributed by atoms with Gasteiger partial charge in [-0.1, -0.05) is 6.07 Å². The van der Waals surface area contributed by atoms with E-state index in [9.17, 15) is 13.2 Å². The van der Waals surface area contributed by atoms with Crippen LogP contribution in [0.1, 0.15) is 23.2 Å². The molecule has 1 aromatic heterocycles. The average Bonchev–Trinajstić information content (AvgIpc) is 2.73. The Hall–Kier alpha value is -2.45. The van der Waals surface area contributed by atoms with Crippen LogP contribution in [0, 0.1) is 5.92 Å². The van der Waals surface area contributed by atoms with E-state index in [1.807, 2.05) is 18.2 Å². The zero-order chi connectivity index (χ0) is 19.3. The van der Waals surface area contributed by atoms with E-state index in [1.165, 1.54) is 31.4 Å². The van der Waals surface area contributed by atoms with Gasteiger partial charge in [0.25, 0.3) is 0 Å². The number of hydrogen-bond donors (Lipinski definition) is 1. The number of rotatable bonds is 6. The summed E-state index contributed by atoms with van der Waals surface area (Å²) in [5, 5.41) is 0. The Kier molecular flexibility index (Phi) is 6.08. The van der Waals surface area contributed by atoms with E-state index >= 15 is 0 Å². The van der Waals surface area contributed by atoms with Crippen molar-refractivity contribution in [1.82, 2.24) is 9.71 Å². The number of sulfonamides is 1. The minimum atomic E-state index is -3.60. The number of pyridine rings is 1. The summed E-state index contributed by atoms with van der Waals surface area (Å²) in [5.41, 5.74) is 0.318. The molecule has 0 spiro atoms. The summed E-state index contributed by atoms with van der Waals surface area (Å²) >= 11 is 0. The highest BCUT2D eigenvalue weighted by Crippen LogP contribution is 2.21. The Balaban J connectivity index is 1.53. The first kappa shape index (κ1) is 19.3. The fourth-order valence-corrected chi connectivity index (χ4v) is 4.22. The van der Waals surface area contributed by atoms with Gasteiger partial charge in [-0.2, -0.15) is 0 Å². The first-order valence-corrected chi connectivity index (χ1v) is 10.3. The third kappa shape index (κ3) is 4.84. The Morgan fingerprint density at radius 3 is 2.48 bits per heavy atom. The summed E-state index contributed by atoms with van der Waals surface area (Å²) in [4.78, 5) is 18.2. The van der Waals surface area contributed by atoms with Crippen molar-refractivity contribution in [2.45, 2.75) is 17.7 Å². The maximum atomic E-state index is 12.5. The van der Waals surface area contributed by atoms with Gasteiger partial charge in [0.1, 0.15) is 5.82 Å². The number of methoxy groups -OCH3 is 1. The standard InChI is InChI=1S/C19H23N3O4S/c1-26-19(23)16-5-7-17(8-6-16)27(24,25)21-14-15-9-12-22(13-10-15)18-4-2-3-11-20-18/h2-8,11,15,21H,9-10,12-14H2,1H3. The van der Waals surface area contributed by atoms with Crippen molar-refractivity contribution in [3.05, 3.63) is 54.2 Å². The second-order valence-corrected chi connectivity index (χ2v) is 8.25. The molecule has 1 aromatic carbocycles. The fraction of sp³-hybridized carbons (Fsp3) is 0.368. The van der Waals surface area contributed by atoms with Gasteiger partial charge in [0.15, 0.2) is 0 Å². The van der Waals surface area contributed by atoms with Gasteiger partial charge in [0, 0.05) is 25.8 Å². The molecule has 0 atom stereocenters. The molecule has 0 aliphatic carbocycles. The summed E-state index contributed by atoms with van der Waals surface area (Å²) in [7, 11) is -2.32. The number of carbonyl (C=O) groups is 1. The Labute approximate surface area is 159 Å². The molecule has 2 heterocycles. The van der Waals surface area contributed by atoms with Crippen molar-refractivity contribution >= 4 is 21.8 Å². The minimum absolute atomic E-state index is 0.140. The fourth-order valence-electron chi connectivity index (χ4n) is 3.11. The molecule has 1 saturated heterocycles. The molecule has 0 radical (unpaired) electrons. The predicted octanol–water partition coefficient (Wildman–Crippen LogP) is 2.06. The number of benzene rings is 1. The molecule has 3 rings (SSSR count). The number of nitrogens with zero attached hydrogens (tertiary/aromatic N) is 2. The number of hydrogen-bond acceptors (Lipinski definition) is 6. The SMILES string of the molecule is COC(=O)c1ccc(S(=O)(=O)NCC2CCN(c3ccccn3)CC2)cc1. The van der Waals surface area contributed by atoms with Crippen LogP contribution in [-0.4, -0.2) is 46.1 Å². The summed E-state index contributed by atoms with van der Waals surface area (Å²) < 4.78 is 32.2. The molecule has 1 aliphatic rings. The van der Waals surface area contributed by atoms with Crippen LogP contribution in [0.4, 0.5) is 5.82 Å². The van der Waals surface area contributed by atoms with Crippen LogP contribution in [0.2, 0.25) is 0 Å². The summed E-state index contributed by atoms with van der Waals surface area (Å²) in [6.07, 6.45) is 3.59. The number of carbonyl (C=O) groups excluding carboxylic acids is 1. The Bertz CT molecular complexity index is 862. The summed E-state index contributed by atoms with van der Waals surface area (Å²) in [6.45, 7) is 2.12. The van der Waals surface area contributed by atoms with Crippen LogP contribution in [0.3, 0.4) is 0 Å². The van der Waals surface area contributed by atoms with Gasteiger partial charge in [-0.05, 0) is 55.2 Å². The lowest BCUT2D eigenvalue weighted by molar-refractivity contribution is 0.0600. The average molecular weight is 389 g/mol. The second-order valence-electron chi connectivity index (χ2n) is 6.49. The number of piperidine rings is 1. The van der Waals surface area contributed by atoms with Crippen LogP contribution in [0.15, 0.2) is 53.6 Å². The topological polar surface area (TPSA) is 88.6 Å². The van der Waals surface area contributed by atoms with Gasteiger partial charge in [0.05, 0.1) is 17.6 Å². The molecule has 27 heavy (non-hydrogen) atoms. The zero-order valence-corrected chi connectivity index (χ0v) is 16.0. The van der Waals surface area contributed by atoms with Crippen LogP contribution in [0.5, 0.6) is 0 Å². The monoisotopic (exact) mass is 389 g/mol. The van der Waals surface area contributed by atoms with Crippen molar-refractivity contribution in [2.75, 3.05) is 31.6 Å². The molecule has 1 N–H and O–H groups in total. The van der Waals surface area contributed by atoms with E-state index in [4.69, 9.17) is 0 Å². The molecule has 0 amide bonds. The van der Waals surface area contributed by atoms with E-state index in [2.05, 4.69) is 19.3 Å². The van der Waals surface area contributed by atoms with Gasteiger partial charge >= 0.3 is 5.97 Å². The second kappa shape index (κ2) is 8.49. The molecular weight excluding hydrogens is 366 g/mol. The third-order valence-corrected chi connectivity index (χ3v) is 6.18. The van der Waals surface area contributed by atoms with Crippen molar-refractivity contribution in [3.63, 3.8) is 0 Å². The zero-order valence-electron chi connectivity index (χ0n) is 15.2. The minimum Gasteiger partial charge on any atom is -0.465 e. The third-order valence-electron chi connectivity index (χ3n) is 4.74. The van der Waals surface area contributed by atoms with Crippen LogP contribution in [-0.2, 0) is 14.8 Å². The van der Waals surface area contributed by atoms with Crippen LogP contribution < -0.4 is 9.62 Å². The number of esters is 1. The van der Waals surface area contributed by atoms with Crippen molar-refractivity contribution in [2.24, 2.45) is 5.92 Å². The van der Waals surface area contributed by atoms with Crippen molar-refractivity contribution in [3.8, 4) is 0 Å². The van der Waals surface area contributed by atoms with Gasteiger partial charge in [-0.25, -0.2) is 22.9 Å². The molecule has 7 nitrogen and oxygen atoms in total. The molecule has 1 aliphatic heterocycles. The number of ether oxygens (including phenoxy) is 1. The quantitative estimate of drug-likeness (QED) is 0.761. The molecule has 1 fully saturated rings. The van der Waals surface area contributed by atoms with E-state index in [0.29, 0.717) is 12.1 Å². The molecular formula is C19H23N3O4S. The smallest absolute Gasteiger partial charge is 0.337 e. The van der Waals surface area contributed by atoms with Crippen molar-refractivity contribution < 1.29 is 17.9 Å². The van der Waals surface area contributed by atoms with Gasteiger partial charge in [-0.15, -0.1) is 0 Å². The van der Waals surface area contributed by atoms with E-state index < -0.39 is 16.0 Å². The molecule has 144 valence electrons. The van der Waals surface area contributed by atoms with Crippen molar-refractivity contribution in [1.29, 1.82) is 0 Å². The largest absolute Gasteiger partial charge is 0.465 e. The number of anilines is 1. The maximum absolute atomic E-state index is 12.5. The lowest BCUT2D eigenvalue weighted by Crippen LogP contribution is -2.39. The van der Waals surface area contributed by atoms with E-state index in [-0.39, 0.29) is 10.8 Å². The number of aromatic nitrogens is 1. The molecule has 8 heteroatoms. The highest BCUT2D eigenvalue weighted by molar-refractivity contribution is 7.89. The van der Waals surface area contributed by atoms with E-state index in [0.717, 1.165) is 31.7 Å². The Morgan fingerprint density at radius 2 is 1.89 bits per heavy atom.